The van der Waals surface area contributed by atoms with Crippen molar-refractivity contribution in [3.63, 3.8) is 0 Å². The highest BCUT2D eigenvalue weighted by Gasteiger charge is 2.20. The van der Waals surface area contributed by atoms with Crippen molar-refractivity contribution in [3.8, 4) is 5.69 Å². The Labute approximate surface area is 184 Å². The van der Waals surface area contributed by atoms with Crippen molar-refractivity contribution < 1.29 is 12.8 Å². The van der Waals surface area contributed by atoms with E-state index in [4.69, 9.17) is 5.73 Å². The van der Waals surface area contributed by atoms with Crippen LogP contribution in [0, 0.1) is 5.82 Å². The number of hydrogen-bond acceptors (Lipinski definition) is 5. The zero-order valence-electron chi connectivity index (χ0n) is 16.8. The van der Waals surface area contributed by atoms with Gasteiger partial charge in [-0.3, -0.25) is 4.98 Å². The lowest BCUT2D eigenvalue weighted by atomic mass is 10.2. The van der Waals surface area contributed by atoms with Crippen LogP contribution >= 0.6 is 0 Å². The number of benzene rings is 2. The third kappa shape index (κ3) is 4.65. The maximum Gasteiger partial charge on any atom is 0.206 e. The van der Waals surface area contributed by atoms with Crippen molar-refractivity contribution in [1.29, 1.82) is 0 Å². The summed E-state index contributed by atoms with van der Waals surface area (Å²) in [5.74, 6) is -0.460. The summed E-state index contributed by atoms with van der Waals surface area (Å²) in [5, 5.41) is 6.90. The second kappa shape index (κ2) is 8.98. The summed E-state index contributed by atoms with van der Waals surface area (Å²) in [4.78, 5) is 8.08. The second-order valence-electron chi connectivity index (χ2n) is 6.77. The molecule has 0 spiro atoms. The molecule has 2 aromatic heterocycles. The number of hydrogen-bond donors (Lipinski definition) is 2. The summed E-state index contributed by atoms with van der Waals surface area (Å²) >= 11 is 0. The molecule has 0 unspecified atom stereocenters. The smallest absolute Gasteiger partial charge is 0.206 e. The molecular weight excluding hydrogens is 431 g/mol. The fourth-order valence-electron chi connectivity index (χ4n) is 2.96. The Kier molecular flexibility index (Phi) is 5.95. The van der Waals surface area contributed by atoms with Gasteiger partial charge in [0.2, 0.25) is 9.84 Å². The van der Waals surface area contributed by atoms with Crippen LogP contribution in [0.3, 0.4) is 0 Å². The highest BCUT2D eigenvalue weighted by Crippen LogP contribution is 2.24. The van der Waals surface area contributed by atoms with E-state index in [2.05, 4.69) is 20.4 Å². The third-order valence-electron chi connectivity index (χ3n) is 4.60. The summed E-state index contributed by atoms with van der Waals surface area (Å²) in [6.45, 7) is 0.261. The number of nitrogens with zero attached hydrogens (tertiary/aromatic N) is 4. The Bertz CT molecular complexity index is 1340. The van der Waals surface area contributed by atoms with Crippen LogP contribution in [0.15, 0.2) is 100 Å². The summed E-state index contributed by atoms with van der Waals surface area (Å²) in [5.41, 5.74) is 7.56. The standard InChI is InChI=1S/C22H19FN6O2S/c23-20-14-19(6-7-21(20)29-13-1-10-27-29)32(30,31)18-4-2-16(3-5-18)15-26-22(24)28-17-8-11-25-12-9-17/h1-14H,15H2,(H3,24,25,26,28). The largest absolute Gasteiger partial charge is 0.370 e. The molecule has 0 saturated carbocycles. The topological polar surface area (TPSA) is 115 Å². The molecule has 0 aliphatic rings. The van der Waals surface area contributed by atoms with Gasteiger partial charge in [-0.25, -0.2) is 22.5 Å². The quantitative estimate of drug-likeness (QED) is 0.344. The number of halogens is 1. The first kappa shape index (κ1) is 21.2. The SMILES string of the molecule is NC(=NCc1ccc(S(=O)(=O)c2ccc(-n3cccn3)c(F)c2)cc1)Nc1ccncc1. The lowest BCUT2D eigenvalue weighted by Crippen LogP contribution is -2.22. The van der Waals surface area contributed by atoms with Crippen molar-refractivity contribution in [2.24, 2.45) is 10.7 Å². The van der Waals surface area contributed by atoms with E-state index in [0.29, 0.717) is 0 Å². The monoisotopic (exact) mass is 450 g/mol. The Morgan fingerprint density at radius 1 is 1.03 bits per heavy atom. The van der Waals surface area contributed by atoms with Gasteiger partial charge in [0.1, 0.15) is 11.5 Å². The lowest BCUT2D eigenvalue weighted by Gasteiger charge is -2.09. The fraction of sp³-hybridized carbons (Fsp3) is 0.0455. The normalized spacial score (nSPS) is 12.0. The van der Waals surface area contributed by atoms with Crippen LogP contribution < -0.4 is 11.1 Å². The molecule has 3 N–H and O–H groups in total. The molecule has 4 rings (SSSR count). The molecule has 2 aromatic carbocycles. The zero-order chi connectivity index (χ0) is 22.6. The van der Waals surface area contributed by atoms with Gasteiger partial charge in [0.05, 0.1) is 16.3 Å². The van der Waals surface area contributed by atoms with E-state index < -0.39 is 15.7 Å². The number of nitrogens with one attached hydrogen (secondary N) is 1. The maximum atomic E-state index is 14.5. The Hall–Kier alpha value is -4.05. The van der Waals surface area contributed by atoms with E-state index in [9.17, 15) is 12.8 Å². The summed E-state index contributed by atoms with van der Waals surface area (Å²) in [6.07, 6.45) is 6.35. The van der Waals surface area contributed by atoms with Crippen molar-refractivity contribution in [1.82, 2.24) is 14.8 Å². The lowest BCUT2D eigenvalue weighted by molar-refractivity contribution is 0.587. The molecule has 0 fully saturated rings. The molecule has 0 radical (unpaired) electrons. The Balaban J connectivity index is 1.48. The predicted octanol–water partition coefficient (Wildman–Crippen LogP) is 3.17. The maximum absolute atomic E-state index is 14.5. The van der Waals surface area contributed by atoms with Gasteiger partial charge < -0.3 is 11.1 Å². The number of guanidine groups is 1. The second-order valence-corrected chi connectivity index (χ2v) is 8.72. The fourth-order valence-corrected chi connectivity index (χ4v) is 4.23. The molecule has 10 heteroatoms. The van der Waals surface area contributed by atoms with Gasteiger partial charge in [0.15, 0.2) is 5.96 Å². The van der Waals surface area contributed by atoms with Gasteiger partial charge in [-0.05, 0) is 54.1 Å². The van der Waals surface area contributed by atoms with Crippen LogP contribution in [0.25, 0.3) is 5.69 Å². The summed E-state index contributed by atoms with van der Waals surface area (Å²) in [6, 6.07) is 15.1. The zero-order valence-corrected chi connectivity index (χ0v) is 17.6. The minimum absolute atomic E-state index is 0.0550. The van der Waals surface area contributed by atoms with Crippen LogP contribution in [0.1, 0.15) is 5.56 Å². The van der Waals surface area contributed by atoms with Crippen LogP contribution in [0.4, 0.5) is 10.1 Å². The molecule has 0 saturated heterocycles. The van der Waals surface area contributed by atoms with Gasteiger partial charge >= 0.3 is 0 Å². The molecule has 0 amide bonds. The van der Waals surface area contributed by atoms with Crippen molar-refractivity contribution in [3.05, 3.63) is 96.8 Å². The van der Waals surface area contributed by atoms with Crippen LogP contribution in [0.5, 0.6) is 0 Å². The minimum atomic E-state index is -3.88. The molecule has 0 bridgehead atoms. The highest BCUT2D eigenvalue weighted by molar-refractivity contribution is 7.91. The van der Waals surface area contributed by atoms with Crippen molar-refractivity contribution >= 4 is 21.5 Å². The highest BCUT2D eigenvalue weighted by atomic mass is 32.2. The predicted molar refractivity (Wildman–Crippen MR) is 119 cm³/mol. The number of aromatic nitrogens is 3. The molecule has 32 heavy (non-hydrogen) atoms. The molecule has 2 heterocycles. The minimum Gasteiger partial charge on any atom is -0.370 e. The average molecular weight is 450 g/mol. The molecular formula is C22H19FN6O2S. The van der Waals surface area contributed by atoms with Gasteiger partial charge in [0, 0.05) is 30.5 Å². The van der Waals surface area contributed by atoms with Gasteiger partial charge in [-0.1, -0.05) is 12.1 Å². The van der Waals surface area contributed by atoms with Gasteiger partial charge in [-0.2, -0.15) is 5.10 Å². The number of anilines is 1. The van der Waals surface area contributed by atoms with Crippen LogP contribution in [0.2, 0.25) is 0 Å². The van der Waals surface area contributed by atoms with Crippen molar-refractivity contribution in [2.45, 2.75) is 16.3 Å². The van der Waals surface area contributed by atoms with E-state index in [1.165, 1.54) is 35.1 Å². The van der Waals surface area contributed by atoms with Crippen LogP contribution in [-0.4, -0.2) is 29.1 Å². The first-order valence-corrected chi connectivity index (χ1v) is 11.0. The molecule has 0 aliphatic heterocycles. The summed E-state index contributed by atoms with van der Waals surface area (Å²) in [7, 11) is -3.88. The number of aliphatic imine (C=N–C) groups is 1. The number of rotatable bonds is 6. The van der Waals surface area contributed by atoms with Crippen molar-refractivity contribution in [2.75, 3.05) is 5.32 Å². The average Bonchev–Trinajstić information content (AvgIpc) is 3.33. The molecule has 162 valence electrons. The third-order valence-corrected chi connectivity index (χ3v) is 6.37. The van der Waals surface area contributed by atoms with Gasteiger partial charge in [-0.15, -0.1) is 0 Å². The Morgan fingerprint density at radius 2 is 1.75 bits per heavy atom. The first-order chi connectivity index (χ1) is 15.4. The van der Waals surface area contributed by atoms with E-state index in [1.807, 2.05) is 0 Å². The first-order valence-electron chi connectivity index (χ1n) is 9.54. The number of nitrogens with two attached hydrogens (primary N) is 1. The molecule has 0 aliphatic carbocycles. The summed E-state index contributed by atoms with van der Waals surface area (Å²) < 4.78 is 41.6. The molecule has 8 nitrogen and oxygen atoms in total. The van der Waals surface area contributed by atoms with E-state index in [0.717, 1.165) is 17.3 Å². The van der Waals surface area contributed by atoms with Gasteiger partial charge in [0.25, 0.3) is 0 Å². The van der Waals surface area contributed by atoms with E-state index in [-0.39, 0.29) is 28.0 Å². The number of pyridine rings is 1. The van der Waals surface area contributed by atoms with Crippen LogP contribution in [-0.2, 0) is 16.4 Å². The van der Waals surface area contributed by atoms with E-state index in [1.54, 1.807) is 48.9 Å². The molecule has 4 aromatic rings. The number of sulfone groups is 1. The Morgan fingerprint density at radius 3 is 2.41 bits per heavy atom. The van der Waals surface area contributed by atoms with E-state index >= 15 is 0 Å². The molecule has 0 atom stereocenters.